The number of hydrogen-bond donors (Lipinski definition) is 0. The monoisotopic (exact) mass is 535 g/mol. The van der Waals surface area contributed by atoms with Crippen LogP contribution >= 0.6 is 0 Å². The molecule has 0 aromatic carbocycles. The number of ether oxygens (including phenoxy) is 1. The van der Waals surface area contributed by atoms with Crippen LogP contribution in [0.1, 0.15) is 212 Å². The number of esters is 1. The second kappa shape index (κ2) is 29.5. The van der Waals surface area contributed by atoms with Crippen LogP contribution in [0.3, 0.4) is 0 Å². The first-order valence-electron chi connectivity index (χ1n) is 17.9. The second-order valence-corrected chi connectivity index (χ2v) is 12.9. The molecule has 38 heavy (non-hydrogen) atoms. The smallest absolute Gasteiger partial charge is 0.305 e. The van der Waals surface area contributed by atoms with Crippen molar-refractivity contribution in [2.75, 3.05) is 6.61 Å². The van der Waals surface area contributed by atoms with Crippen molar-refractivity contribution in [1.82, 2.24) is 0 Å². The topological polar surface area (TPSA) is 26.3 Å². The molecule has 1 fully saturated rings. The van der Waals surface area contributed by atoms with Crippen LogP contribution in [0.2, 0.25) is 0 Å². The molecule has 0 saturated carbocycles. The van der Waals surface area contributed by atoms with Crippen molar-refractivity contribution in [3.63, 3.8) is 0 Å². The van der Waals surface area contributed by atoms with Crippen LogP contribution in [-0.2, 0) is 9.53 Å². The standard InChI is InChI=1S/C36H70O2/c1-35-32-30-28-26-24-22-20-18-16-14-12-10-8-6-4-2-3-5-7-9-11-13-15-17-19-21-23-25-27-29-31-33-36(37)38-34-35/h35H,2-34H2,1H3. The van der Waals surface area contributed by atoms with Crippen molar-refractivity contribution in [2.24, 2.45) is 5.92 Å². The van der Waals surface area contributed by atoms with E-state index in [0.29, 0.717) is 18.9 Å². The van der Waals surface area contributed by atoms with Gasteiger partial charge < -0.3 is 4.74 Å². The van der Waals surface area contributed by atoms with Gasteiger partial charge in [-0.15, -0.1) is 0 Å². The summed E-state index contributed by atoms with van der Waals surface area (Å²) in [5.74, 6) is 0.538. The fourth-order valence-corrected chi connectivity index (χ4v) is 6.10. The van der Waals surface area contributed by atoms with Gasteiger partial charge in [0.2, 0.25) is 0 Å². The molecule has 0 aromatic rings. The minimum absolute atomic E-state index is 0.0278. The Morgan fingerprint density at radius 3 is 0.921 bits per heavy atom. The molecular weight excluding hydrogens is 464 g/mol. The van der Waals surface area contributed by atoms with E-state index < -0.39 is 0 Å². The number of carbonyl (C=O) groups is 1. The molecule has 0 N–H and O–H groups in total. The molecule has 0 spiro atoms. The van der Waals surface area contributed by atoms with Crippen molar-refractivity contribution in [2.45, 2.75) is 212 Å². The van der Waals surface area contributed by atoms with Gasteiger partial charge in [-0.25, -0.2) is 0 Å². The van der Waals surface area contributed by atoms with E-state index in [1.807, 2.05) is 0 Å². The van der Waals surface area contributed by atoms with E-state index in [1.54, 1.807) is 0 Å². The fourth-order valence-electron chi connectivity index (χ4n) is 6.10. The molecule has 1 aliphatic heterocycles. The lowest BCUT2D eigenvalue weighted by Gasteiger charge is -2.12. The lowest BCUT2D eigenvalue weighted by atomic mass is 10.0. The van der Waals surface area contributed by atoms with Crippen LogP contribution in [0.4, 0.5) is 0 Å². The minimum atomic E-state index is 0.0278. The zero-order valence-electron chi connectivity index (χ0n) is 26.2. The summed E-state index contributed by atoms with van der Waals surface area (Å²) in [5, 5.41) is 0. The van der Waals surface area contributed by atoms with Gasteiger partial charge in [0.05, 0.1) is 6.61 Å². The Morgan fingerprint density at radius 1 is 0.395 bits per heavy atom. The van der Waals surface area contributed by atoms with Crippen LogP contribution in [0.5, 0.6) is 0 Å². The van der Waals surface area contributed by atoms with Gasteiger partial charge in [0.25, 0.3) is 0 Å². The largest absolute Gasteiger partial charge is 0.465 e. The van der Waals surface area contributed by atoms with Crippen LogP contribution in [-0.4, -0.2) is 12.6 Å². The first-order chi connectivity index (χ1) is 18.8. The molecule has 1 heterocycles. The second-order valence-electron chi connectivity index (χ2n) is 12.9. The van der Waals surface area contributed by atoms with Gasteiger partial charge in [-0.3, -0.25) is 4.79 Å². The van der Waals surface area contributed by atoms with Crippen LogP contribution in [0.25, 0.3) is 0 Å². The average molecular weight is 535 g/mol. The maximum Gasteiger partial charge on any atom is 0.305 e. The van der Waals surface area contributed by atoms with E-state index in [-0.39, 0.29) is 5.97 Å². The Bertz CT molecular complexity index is 474. The zero-order chi connectivity index (χ0) is 27.2. The van der Waals surface area contributed by atoms with E-state index in [1.165, 1.54) is 193 Å². The molecule has 0 amide bonds. The third-order valence-corrected chi connectivity index (χ3v) is 8.86. The summed E-state index contributed by atoms with van der Waals surface area (Å²) in [6.45, 7) is 2.86. The van der Waals surface area contributed by atoms with E-state index in [9.17, 15) is 4.79 Å². The predicted octanol–water partition coefficient (Wildman–Crippen LogP) is 12.7. The molecule has 2 heteroatoms. The predicted molar refractivity (Wildman–Crippen MR) is 168 cm³/mol. The first-order valence-corrected chi connectivity index (χ1v) is 17.9. The van der Waals surface area contributed by atoms with Crippen LogP contribution in [0.15, 0.2) is 0 Å². The summed E-state index contributed by atoms with van der Waals surface area (Å²) in [7, 11) is 0. The molecule has 1 atom stereocenters. The van der Waals surface area contributed by atoms with Crippen molar-refractivity contribution in [3.05, 3.63) is 0 Å². The van der Waals surface area contributed by atoms with Gasteiger partial charge >= 0.3 is 5.97 Å². The maximum atomic E-state index is 12.1. The van der Waals surface area contributed by atoms with E-state index in [2.05, 4.69) is 6.92 Å². The lowest BCUT2D eigenvalue weighted by molar-refractivity contribution is -0.145. The number of hydrogen-bond acceptors (Lipinski definition) is 2. The molecule has 1 rings (SSSR count). The molecule has 0 aromatic heterocycles. The molecular formula is C36H70O2. The Balaban J connectivity index is 2.10. The van der Waals surface area contributed by atoms with Gasteiger partial charge in [0, 0.05) is 6.42 Å². The third kappa shape index (κ3) is 27.1. The van der Waals surface area contributed by atoms with Crippen LogP contribution in [0, 0.1) is 5.92 Å². The zero-order valence-corrected chi connectivity index (χ0v) is 26.2. The van der Waals surface area contributed by atoms with Gasteiger partial charge in [0.1, 0.15) is 0 Å². The fraction of sp³-hybridized carbons (Fsp3) is 0.972. The highest BCUT2D eigenvalue weighted by Gasteiger charge is 2.07. The highest BCUT2D eigenvalue weighted by Crippen LogP contribution is 2.18. The quantitative estimate of drug-likeness (QED) is 0.289. The van der Waals surface area contributed by atoms with Gasteiger partial charge in [-0.2, -0.15) is 0 Å². The lowest BCUT2D eigenvalue weighted by Crippen LogP contribution is -2.11. The summed E-state index contributed by atoms with van der Waals surface area (Å²) < 4.78 is 5.55. The average Bonchev–Trinajstić information content (AvgIpc) is 2.92. The number of carbonyl (C=O) groups excluding carboxylic acids is 1. The molecule has 1 unspecified atom stereocenters. The highest BCUT2D eigenvalue weighted by molar-refractivity contribution is 5.69. The normalized spacial score (nSPS) is 25.2. The summed E-state index contributed by atoms with van der Waals surface area (Å²) in [5.41, 5.74) is 0. The molecule has 2 nitrogen and oxygen atoms in total. The van der Waals surface area contributed by atoms with Crippen molar-refractivity contribution < 1.29 is 9.53 Å². The van der Waals surface area contributed by atoms with Crippen molar-refractivity contribution in [1.29, 1.82) is 0 Å². The van der Waals surface area contributed by atoms with Crippen molar-refractivity contribution >= 4 is 5.97 Å². The molecule has 1 saturated heterocycles. The van der Waals surface area contributed by atoms with Gasteiger partial charge in [-0.1, -0.05) is 193 Å². The van der Waals surface area contributed by atoms with Gasteiger partial charge in [0.15, 0.2) is 0 Å². The minimum Gasteiger partial charge on any atom is -0.465 e. The number of rotatable bonds is 0. The Labute approximate surface area is 240 Å². The first kappa shape index (κ1) is 35.5. The number of cyclic esters (lactones) is 1. The maximum absolute atomic E-state index is 12.1. The molecule has 1 aliphatic rings. The molecule has 0 bridgehead atoms. The summed E-state index contributed by atoms with van der Waals surface area (Å²) >= 11 is 0. The van der Waals surface area contributed by atoms with E-state index in [0.717, 1.165) is 6.42 Å². The SMILES string of the molecule is CC1CCCCCCCCCCCCCCCCCCCCCCCCCCCCCCCCC(=O)OC1. The van der Waals surface area contributed by atoms with Crippen LogP contribution < -0.4 is 0 Å². The van der Waals surface area contributed by atoms with E-state index in [4.69, 9.17) is 4.74 Å². The van der Waals surface area contributed by atoms with Gasteiger partial charge in [-0.05, 0) is 18.8 Å². The Hall–Kier alpha value is -0.530. The third-order valence-electron chi connectivity index (χ3n) is 8.86. The highest BCUT2D eigenvalue weighted by atomic mass is 16.5. The molecule has 0 radical (unpaired) electrons. The summed E-state index contributed by atoms with van der Waals surface area (Å²) in [6.07, 6.45) is 44.0. The molecule has 226 valence electrons. The van der Waals surface area contributed by atoms with E-state index >= 15 is 0 Å². The summed E-state index contributed by atoms with van der Waals surface area (Å²) in [4.78, 5) is 12.1. The Morgan fingerprint density at radius 2 is 0.632 bits per heavy atom. The van der Waals surface area contributed by atoms with Crippen molar-refractivity contribution in [3.8, 4) is 0 Å². The molecule has 0 aliphatic carbocycles. The Kier molecular flexibility index (Phi) is 27.5. The summed E-state index contributed by atoms with van der Waals surface area (Å²) in [6, 6.07) is 0.